The van der Waals surface area contributed by atoms with Crippen molar-refractivity contribution in [2.45, 2.75) is 13.3 Å². The van der Waals surface area contributed by atoms with Crippen LogP contribution in [0.2, 0.25) is 0 Å². The zero-order valence-corrected chi connectivity index (χ0v) is 12.7. The van der Waals surface area contributed by atoms with E-state index in [1.165, 1.54) is 24.3 Å². The van der Waals surface area contributed by atoms with E-state index in [-0.39, 0.29) is 5.75 Å². The lowest BCUT2D eigenvalue weighted by Crippen LogP contribution is -2.28. The number of nitrogens with one attached hydrogen (secondary N) is 1. The number of benzene rings is 1. The number of hydrogen-bond donors (Lipinski definition) is 1. The van der Waals surface area contributed by atoms with E-state index < -0.39 is 6.36 Å². The van der Waals surface area contributed by atoms with Crippen LogP contribution in [0.4, 0.5) is 13.2 Å². The normalized spacial score (nSPS) is 15.1. The lowest BCUT2D eigenvalue weighted by molar-refractivity contribution is -0.274. The first-order valence-electron chi connectivity index (χ1n) is 6.79. The first-order valence-corrected chi connectivity index (χ1v) is 6.79. The number of nitrogens with zero attached hydrogens (tertiary/aromatic N) is 2. The van der Waals surface area contributed by atoms with Gasteiger partial charge in [-0.3, -0.25) is 9.98 Å². The van der Waals surface area contributed by atoms with Gasteiger partial charge in [0.15, 0.2) is 5.84 Å². The molecule has 0 aliphatic carbocycles. The van der Waals surface area contributed by atoms with E-state index in [1.807, 2.05) is 13.0 Å². The third-order valence-corrected chi connectivity index (χ3v) is 3.05. The molecule has 0 radical (unpaired) electrons. The van der Waals surface area contributed by atoms with Crippen molar-refractivity contribution in [3.8, 4) is 5.75 Å². The Labute approximate surface area is 132 Å². The van der Waals surface area contributed by atoms with Crippen LogP contribution in [-0.4, -0.2) is 31.5 Å². The van der Waals surface area contributed by atoms with Gasteiger partial charge in [-0.1, -0.05) is 6.58 Å². The largest absolute Gasteiger partial charge is 0.573 e. The standard InChI is InChI=1S/C16H16F3N3O/c1-10-8-14(21-9-10)15(20-3)22-11(2)12-4-6-13(7-5-12)23-16(17,18)19/h4-8H,2,9H2,1,3H3,(H,20,22). The Hall–Kier alpha value is -2.57. The summed E-state index contributed by atoms with van der Waals surface area (Å²) in [6.45, 7) is 6.48. The van der Waals surface area contributed by atoms with Crippen molar-refractivity contribution in [1.82, 2.24) is 5.32 Å². The SMILES string of the molecule is C=C(NC(=NC)C1=NCC(C)=C1)c1ccc(OC(F)(F)F)cc1. The quantitative estimate of drug-likeness (QED) is 0.680. The molecule has 1 aromatic rings. The van der Waals surface area contributed by atoms with E-state index in [0.717, 1.165) is 11.3 Å². The van der Waals surface area contributed by atoms with Crippen molar-refractivity contribution in [2.75, 3.05) is 13.6 Å². The van der Waals surface area contributed by atoms with Crippen LogP contribution in [0.1, 0.15) is 12.5 Å². The number of amidine groups is 1. The van der Waals surface area contributed by atoms with Crippen LogP contribution in [0.25, 0.3) is 5.70 Å². The van der Waals surface area contributed by atoms with Gasteiger partial charge in [-0.25, -0.2) is 0 Å². The predicted molar refractivity (Wildman–Crippen MR) is 84.7 cm³/mol. The van der Waals surface area contributed by atoms with Gasteiger partial charge < -0.3 is 10.1 Å². The molecule has 1 heterocycles. The molecule has 0 bridgehead atoms. The van der Waals surface area contributed by atoms with Gasteiger partial charge in [0, 0.05) is 12.7 Å². The molecule has 4 nitrogen and oxygen atoms in total. The summed E-state index contributed by atoms with van der Waals surface area (Å²) >= 11 is 0. The Morgan fingerprint density at radius 2 is 1.96 bits per heavy atom. The molecule has 7 heteroatoms. The summed E-state index contributed by atoms with van der Waals surface area (Å²) < 4.78 is 40.2. The molecule has 0 atom stereocenters. The van der Waals surface area contributed by atoms with Gasteiger partial charge in [-0.05, 0) is 48.4 Å². The van der Waals surface area contributed by atoms with Crippen LogP contribution in [0.3, 0.4) is 0 Å². The second-order valence-corrected chi connectivity index (χ2v) is 4.94. The van der Waals surface area contributed by atoms with Crippen molar-refractivity contribution in [3.63, 3.8) is 0 Å². The van der Waals surface area contributed by atoms with Crippen molar-refractivity contribution in [2.24, 2.45) is 9.98 Å². The molecule has 1 aliphatic heterocycles. The predicted octanol–water partition coefficient (Wildman–Crippen LogP) is 3.57. The third-order valence-electron chi connectivity index (χ3n) is 3.05. The van der Waals surface area contributed by atoms with Gasteiger partial charge in [0.1, 0.15) is 11.5 Å². The Morgan fingerprint density at radius 1 is 1.30 bits per heavy atom. The maximum Gasteiger partial charge on any atom is 0.573 e. The number of halogens is 3. The van der Waals surface area contributed by atoms with E-state index in [4.69, 9.17) is 0 Å². The summed E-state index contributed by atoms with van der Waals surface area (Å²) in [4.78, 5) is 8.47. The molecule has 23 heavy (non-hydrogen) atoms. The number of hydrogen-bond acceptors (Lipinski definition) is 3. The Bertz CT molecular complexity index is 686. The minimum atomic E-state index is -4.70. The van der Waals surface area contributed by atoms with Crippen LogP contribution in [0, 0.1) is 0 Å². The third kappa shape index (κ3) is 4.70. The summed E-state index contributed by atoms with van der Waals surface area (Å²) in [5.74, 6) is 0.277. The first-order chi connectivity index (χ1) is 10.8. The summed E-state index contributed by atoms with van der Waals surface area (Å²) in [6.07, 6.45) is -2.79. The maximum atomic E-state index is 12.1. The Kier molecular flexibility index (Phi) is 4.88. The van der Waals surface area contributed by atoms with Gasteiger partial charge in [0.05, 0.1) is 6.54 Å². The van der Waals surface area contributed by atoms with Crippen molar-refractivity contribution in [3.05, 3.63) is 48.1 Å². The number of rotatable bonds is 4. The second kappa shape index (κ2) is 6.68. The highest BCUT2D eigenvalue weighted by atomic mass is 19.4. The van der Waals surface area contributed by atoms with Crippen molar-refractivity contribution in [1.29, 1.82) is 0 Å². The smallest absolute Gasteiger partial charge is 0.406 e. The van der Waals surface area contributed by atoms with Gasteiger partial charge in [-0.15, -0.1) is 13.2 Å². The Morgan fingerprint density at radius 3 is 2.43 bits per heavy atom. The highest BCUT2D eigenvalue weighted by Crippen LogP contribution is 2.24. The molecule has 2 rings (SSSR count). The van der Waals surface area contributed by atoms with Crippen LogP contribution in [0.5, 0.6) is 5.75 Å². The number of aliphatic imine (C=N–C) groups is 2. The van der Waals surface area contributed by atoms with Gasteiger partial charge in [0.25, 0.3) is 0 Å². The second-order valence-electron chi connectivity index (χ2n) is 4.94. The molecule has 0 amide bonds. The number of alkyl halides is 3. The summed E-state index contributed by atoms with van der Waals surface area (Å²) in [5.41, 5.74) is 2.98. The Balaban J connectivity index is 2.06. The van der Waals surface area contributed by atoms with Gasteiger partial charge in [-0.2, -0.15) is 0 Å². The summed E-state index contributed by atoms with van der Waals surface area (Å²) in [5, 5.41) is 3.03. The van der Waals surface area contributed by atoms with Gasteiger partial charge in [0.2, 0.25) is 0 Å². The average molecular weight is 323 g/mol. The first kappa shape index (κ1) is 16.8. The molecular weight excluding hydrogens is 307 g/mol. The van der Waals surface area contributed by atoms with Crippen LogP contribution >= 0.6 is 0 Å². The van der Waals surface area contributed by atoms with E-state index in [9.17, 15) is 13.2 Å². The van der Waals surface area contributed by atoms with E-state index >= 15 is 0 Å². The lowest BCUT2D eigenvalue weighted by Gasteiger charge is -2.13. The zero-order chi connectivity index (χ0) is 17.0. The fourth-order valence-corrected chi connectivity index (χ4v) is 1.99. The van der Waals surface area contributed by atoms with E-state index in [0.29, 0.717) is 23.6 Å². The molecule has 0 unspecified atom stereocenters. The monoisotopic (exact) mass is 323 g/mol. The molecule has 0 spiro atoms. The fourth-order valence-electron chi connectivity index (χ4n) is 1.99. The highest BCUT2D eigenvalue weighted by Gasteiger charge is 2.30. The minimum absolute atomic E-state index is 0.280. The summed E-state index contributed by atoms with van der Waals surface area (Å²) in [6, 6.07) is 5.44. The van der Waals surface area contributed by atoms with Crippen LogP contribution in [0.15, 0.2) is 52.5 Å². The van der Waals surface area contributed by atoms with Crippen molar-refractivity contribution < 1.29 is 17.9 Å². The molecule has 0 saturated heterocycles. The molecule has 1 N–H and O–H groups in total. The number of ether oxygens (including phenoxy) is 1. The van der Waals surface area contributed by atoms with Crippen molar-refractivity contribution >= 4 is 17.2 Å². The topological polar surface area (TPSA) is 46.0 Å². The average Bonchev–Trinajstić information content (AvgIpc) is 2.90. The van der Waals surface area contributed by atoms with Crippen LogP contribution < -0.4 is 10.1 Å². The van der Waals surface area contributed by atoms with E-state index in [2.05, 4.69) is 26.6 Å². The fraction of sp³-hybridized carbons (Fsp3) is 0.250. The highest BCUT2D eigenvalue weighted by molar-refractivity contribution is 6.47. The minimum Gasteiger partial charge on any atom is -0.406 e. The van der Waals surface area contributed by atoms with Gasteiger partial charge >= 0.3 is 6.36 Å². The van der Waals surface area contributed by atoms with E-state index in [1.54, 1.807) is 7.05 Å². The molecular formula is C16H16F3N3O. The maximum absolute atomic E-state index is 12.1. The molecule has 0 fully saturated rings. The molecule has 1 aromatic carbocycles. The summed E-state index contributed by atoms with van der Waals surface area (Å²) in [7, 11) is 1.62. The molecule has 0 saturated carbocycles. The molecule has 1 aliphatic rings. The molecule has 122 valence electrons. The molecule has 0 aromatic heterocycles. The lowest BCUT2D eigenvalue weighted by atomic mass is 10.1. The van der Waals surface area contributed by atoms with Crippen LogP contribution in [-0.2, 0) is 0 Å². The zero-order valence-electron chi connectivity index (χ0n) is 12.7.